The third kappa shape index (κ3) is 5.11. The summed E-state index contributed by atoms with van der Waals surface area (Å²) in [6, 6.07) is 15.4. The number of thioether (sulfide) groups is 1. The summed E-state index contributed by atoms with van der Waals surface area (Å²) in [5, 5.41) is 8.97. The van der Waals surface area contributed by atoms with E-state index in [0.717, 1.165) is 31.6 Å². The summed E-state index contributed by atoms with van der Waals surface area (Å²) in [4.78, 5) is 25.9. The minimum absolute atomic E-state index is 0.0122. The molecule has 4 rings (SSSR count). The Balaban J connectivity index is 1.47. The average Bonchev–Trinajstić information content (AvgIpc) is 3.47. The lowest BCUT2D eigenvalue weighted by molar-refractivity contribution is -0.149. The van der Waals surface area contributed by atoms with E-state index in [2.05, 4.69) is 10.2 Å². The summed E-state index contributed by atoms with van der Waals surface area (Å²) in [7, 11) is 0. The molecule has 0 aliphatic carbocycles. The SMILES string of the molecule is O=C(CSc1nnc(-c2ccc(F)cc2)n1-c1ccccc1)OCC(=O)N1CCCC1. The van der Waals surface area contributed by atoms with Gasteiger partial charge in [-0.2, -0.15) is 0 Å². The van der Waals surface area contributed by atoms with Crippen LogP contribution in [-0.2, 0) is 14.3 Å². The monoisotopic (exact) mass is 440 g/mol. The Labute approximate surface area is 183 Å². The third-order valence-electron chi connectivity index (χ3n) is 4.88. The molecule has 0 saturated carbocycles. The number of amides is 1. The number of ether oxygens (including phenoxy) is 1. The first-order chi connectivity index (χ1) is 15.1. The number of likely N-dealkylation sites (tertiary alicyclic amines) is 1. The molecule has 31 heavy (non-hydrogen) atoms. The number of carbonyl (C=O) groups excluding carboxylic acids is 2. The van der Waals surface area contributed by atoms with Gasteiger partial charge in [0.2, 0.25) is 0 Å². The van der Waals surface area contributed by atoms with Gasteiger partial charge in [0.05, 0.1) is 5.75 Å². The van der Waals surface area contributed by atoms with Crippen LogP contribution in [0.15, 0.2) is 59.8 Å². The van der Waals surface area contributed by atoms with Crippen LogP contribution in [0.1, 0.15) is 12.8 Å². The van der Waals surface area contributed by atoms with E-state index in [1.54, 1.807) is 21.6 Å². The number of hydrogen-bond acceptors (Lipinski definition) is 6. The highest BCUT2D eigenvalue weighted by atomic mass is 32.2. The predicted molar refractivity (Wildman–Crippen MR) is 114 cm³/mol. The zero-order valence-corrected chi connectivity index (χ0v) is 17.6. The summed E-state index contributed by atoms with van der Waals surface area (Å²) in [6.07, 6.45) is 1.97. The Morgan fingerprint density at radius 1 is 1.00 bits per heavy atom. The van der Waals surface area contributed by atoms with Gasteiger partial charge in [0, 0.05) is 24.3 Å². The van der Waals surface area contributed by atoms with Gasteiger partial charge in [-0.15, -0.1) is 10.2 Å². The molecule has 1 aromatic heterocycles. The molecule has 1 amide bonds. The molecule has 2 heterocycles. The molecule has 0 radical (unpaired) electrons. The molecule has 1 aliphatic heterocycles. The van der Waals surface area contributed by atoms with Crippen molar-refractivity contribution in [1.82, 2.24) is 19.7 Å². The van der Waals surface area contributed by atoms with E-state index in [1.807, 2.05) is 30.3 Å². The minimum Gasteiger partial charge on any atom is -0.455 e. The zero-order valence-electron chi connectivity index (χ0n) is 16.7. The van der Waals surface area contributed by atoms with Crippen LogP contribution in [0.2, 0.25) is 0 Å². The molecule has 0 atom stereocenters. The second-order valence-corrected chi connectivity index (χ2v) is 7.96. The maximum atomic E-state index is 13.3. The van der Waals surface area contributed by atoms with Crippen LogP contribution in [0.25, 0.3) is 17.1 Å². The van der Waals surface area contributed by atoms with Gasteiger partial charge >= 0.3 is 5.97 Å². The summed E-state index contributed by atoms with van der Waals surface area (Å²) in [5.41, 5.74) is 1.51. The number of esters is 1. The number of hydrogen-bond donors (Lipinski definition) is 0. The summed E-state index contributed by atoms with van der Waals surface area (Å²) < 4.78 is 20.3. The van der Waals surface area contributed by atoms with Gasteiger partial charge in [0.1, 0.15) is 5.82 Å². The van der Waals surface area contributed by atoms with E-state index in [-0.39, 0.29) is 24.1 Å². The van der Waals surface area contributed by atoms with Crippen LogP contribution >= 0.6 is 11.8 Å². The van der Waals surface area contributed by atoms with Gasteiger partial charge in [-0.1, -0.05) is 30.0 Å². The van der Waals surface area contributed by atoms with Crippen LogP contribution in [0, 0.1) is 5.82 Å². The lowest BCUT2D eigenvalue weighted by Crippen LogP contribution is -2.32. The molecule has 1 fully saturated rings. The first-order valence-electron chi connectivity index (χ1n) is 9.95. The number of rotatable bonds is 7. The molecular formula is C22H21FN4O3S. The molecule has 3 aromatic rings. The number of aromatic nitrogens is 3. The maximum absolute atomic E-state index is 13.3. The van der Waals surface area contributed by atoms with E-state index < -0.39 is 5.97 Å². The second-order valence-electron chi connectivity index (χ2n) is 7.02. The molecule has 0 spiro atoms. The quantitative estimate of drug-likeness (QED) is 0.414. The molecule has 0 bridgehead atoms. The molecular weight excluding hydrogens is 419 g/mol. The van der Waals surface area contributed by atoms with Gasteiger partial charge in [0.25, 0.3) is 5.91 Å². The Bertz CT molecular complexity index is 1050. The molecule has 2 aromatic carbocycles. The van der Waals surface area contributed by atoms with Crippen molar-refractivity contribution < 1.29 is 18.7 Å². The Kier molecular flexibility index (Phi) is 6.61. The summed E-state index contributed by atoms with van der Waals surface area (Å²) in [5.74, 6) is -0.478. The maximum Gasteiger partial charge on any atom is 0.316 e. The fourth-order valence-electron chi connectivity index (χ4n) is 3.32. The van der Waals surface area contributed by atoms with E-state index in [1.165, 1.54) is 23.9 Å². The lowest BCUT2D eigenvalue weighted by Gasteiger charge is -2.14. The molecule has 0 unspecified atom stereocenters. The third-order valence-corrected chi connectivity index (χ3v) is 5.79. The lowest BCUT2D eigenvalue weighted by atomic mass is 10.2. The smallest absolute Gasteiger partial charge is 0.316 e. The van der Waals surface area contributed by atoms with Crippen molar-refractivity contribution in [3.8, 4) is 17.1 Å². The zero-order chi connectivity index (χ0) is 21.6. The Hall–Kier alpha value is -3.20. The largest absolute Gasteiger partial charge is 0.455 e. The van der Waals surface area contributed by atoms with Crippen LogP contribution < -0.4 is 0 Å². The molecule has 1 aliphatic rings. The van der Waals surface area contributed by atoms with E-state index in [4.69, 9.17) is 4.74 Å². The van der Waals surface area contributed by atoms with Crippen LogP contribution in [0.4, 0.5) is 4.39 Å². The topological polar surface area (TPSA) is 77.3 Å². The molecule has 9 heteroatoms. The summed E-state index contributed by atoms with van der Waals surface area (Å²) in [6.45, 7) is 1.19. The van der Waals surface area contributed by atoms with Crippen LogP contribution in [0.5, 0.6) is 0 Å². The number of para-hydroxylation sites is 1. The fourth-order valence-corrected chi connectivity index (χ4v) is 4.07. The van der Waals surface area contributed by atoms with Crippen molar-refractivity contribution in [2.45, 2.75) is 18.0 Å². The molecule has 0 N–H and O–H groups in total. The van der Waals surface area contributed by atoms with Gasteiger partial charge in [0.15, 0.2) is 17.6 Å². The van der Waals surface area contributed by atoms with Gasteiger partial charge < -0.3 is 9.64 Å². The highest BCUT2D eigenvalue weighted by Gasteiger charge is 2.21. The number of nitrogens with zero attached hydrogens (tertiary/aromatic N) is 4. The van der Waals surface area contributed by atoms with Gasteiger partial charge in [-0.3, -0.25) is 14.2 Å². The normalized spacial score (nSPS) is 13.4. The highest BCUT2D eigenvalue weighted by Crippen LogP contribution is 2.28. The fraction of sp³-hybridized carbons (Fsp3) is 0.273. The highest BCUT2D eigenvalue weighted by molar-refractivity contribution is 7.99. The van der Waals surface area contributed by atoms with Gasteiger partial charge in [-0.05, 0) is 49.2 Å². The number of benzene rings is 2. The van der Waals surface area contributed by atoms with Crippen molar-refractivity contribution >= 4 is 23.6 Å². The average molecular weight is 441 g/mol. The van der Waals surface area contributed by atoms with Crippen LogP contribution in [-0.4, -0.2) is 57.0 Å². The molecule has 160 valence electrons. The number of carbonyl (C=O) groups is 2. The standard InChI is InChI=1S/C22H21FN4O3S/c23-17-10-8-16(9-11-17)21-24-25-22(27(21)18-6-2-1-3-7-18)31-15-20(29)30-14-19(28)26-12-4-5-13-26/h1-3,6-11H,4-5,12-15H2. The van der Waals surface area contributed by atoms with Crippen LogP contribution in [0.3, 0.4) is 0 Å². The van der Waals surface area contributed by atoms with Crippen molar-refractivity contribution in [2.75, 3.05) is 25.4 Å². The number of halogens is 1. The van der Waals surface area contributed by atoms with Crippen molar-refractivity contribution in [1.29, 1.82) is 0 Å². The Morgan fingerprint density at radius 2 is 1.71 bits per heavy atom. The van der Waals surface area contributed by atoms with Crippen molar-refractivity contribution in [3.63, 3.8) is 0 Å². The Morgan fingerprint density at radius 3 is 2.42 bits per heavy atom. The minimum atomic E-state index is -0.497. The molecule has 1 saturated heterocycles. The summed E-state index contributed by atoms with van der Waals surface area (Å²) >= 11 is 1.17. The first kappa shape index (κ1) is 21.0. The first-order valence-corrected chi connectivity index (χ1v) is 10.9. The van der Waals surface area contributed by atoms with Crippen molar-refractivity contribution in [3.05, 3.63) is 60.4 Å². The van der Waals surface area contributed by atoms with Crippen molar-refractivity contribution in [2.24, 2.45) is 0 Å². The molecule has 7 nitrogen and oxygen atoms in total. The second kappa shape index (κ2) is 9.74. The van der Waals surface area contributed by atoms with E-state index >= 15 is 0 Å². The predicted octanol–water partition coefficient (Wildman–Crippen LogP) is 3.33. The van der Waals surface area contributed by atoms with Gasteiger partial charge in [-0.25, -0.2) is 4.39 Å². The van der Waals surface area contributed by atoms with E-state index in [9.17, 15) is 14.0 Å². The van der Waals surface area contributed by atoms with E-state index in [0.29, 0.717) is 16.5 Å².